The molecule has 0 saturated carbocycles. The van der Waals surface area contributed by atoms with Gasteiger partial charge in [-0.05, 0) is 41.3 Å². The van der Waals surface area contributed by atoms with Gasteiger partial charge >= 0.3 is 0 Å². The van der Waals surface area contributed by atoms with Crippen molar-refractivity contribution in [1.82, 2.24) is 5.32 Å². The van der Waals surface area contributed by atoms with E-state index >= 15 is 0 Å². The molecule has 140 valence electrons. The Labute approximate surface area is 160 Å². The molecule has 0 fully saturated rings. The fourth-order valence-electron chi connectivity index (χ4n) is 2.93. The zero-order valence-electron chi connectivity index (χ0n) is 15.0. The van der Waals surface area contributed by atoms with Crippen molar-refractivity contribution in [2.45, 2.75) is 26.3 Å². The number of rotatable bonds is 5. The second kappa shape index (κ2) is 8.81. The molecule has 1 aliphatic heterocycles. The Morgan fingerprint density at radius 1 is 1.08 bits per heavy atom. The van der Waals surface area contributed by atoms with Crippen LogP contribution in [0.1, 0.15) is 31.0 Å². The average molecular weight is 377 g/mol. The van der Waals surface area contributed by atoms with Crippen molar-refractivity contribution in [3.05, 3.63) is 53.6 Å². The molecular weight excluding hydrogens is 352 g/mol. The molecular formula is C20H25ClN2O3. The van der Waals surface area contributed by atoms with Crippen LogP contribution in [0.4, 0.5) is 5.69 Å². The molecule has 0 spiro atoms. The zero-order valence-corrected chi connectivity index (χ0v) is 15.8. The molecule has 0 radical (unpaired) electrons. The number of nitrogens with two attached hydrogens (primary N) is 1. The van der Waals surface area contributed by atoms with Crippen LogP contribution in [-0.2, 0) is 11.2 Å². The number of anilines is 1. The first-order valence-corrected chi connectivity index (χ1v) is 8.56. The van der Waals surface area contributed by atoms with E-state index in [1.54, 1.807) is 0 Å². The number of halogens is 1. The molecule has 1 amide bonds. The van der Waals surface area contributed by atoms with Gasteiger partial charge in [0, 0.05) is 5.69 Å². The summed E-state index contributed by atoms with van der Waals surface area (Å²) in [5.41, 5.74) is 8.34. The van der Waals surface area contributed by atoms with Crippen LogP contribution in [0.15, 0.2) is 42.5 Å². The highest BCUT2D eigenvalue weighted by molar-refractivity contribution is 5.85. The molecule has 0 aromatic heterocycles. The number of amides is 1. The molecule has 3 N–H and O–H groups in total. The van der Waals surface area contributed by atoms with Crippen molar-refractivity contribution >= 4 is 24.0 Å². The van der Waals surface area contributed by atoms with E-state index in [-0.39, 0.29) is 30.3 Å². The molecule has 0 aliphatic carbocycles. The van der Waals surface area contributed by atoms with Crippen molar-refractivity contribution in [3.8, 4) is 11.5 Å². The summed E-state index contributed by atoms with van der Waals surface area (Å²) in [5, 5.41) is 3.14. The summed E-state index contributed by atoms with van der Waals surface area (Å²) in [6, 6.07) is 13.1. The standard InChI is InChI=1S/C20H24N2O3.ClH/c1-13(2)20(15-5-8-17-18(12-15)25-10-9-24-17)22-19(23)11-14-3-6-16(21)7-4-14;/h3-8,12-13,20H,9-11,21H2,1-2H3,(H,22,23);1H. The van der Waals surface area contributed by atoms with E-state index in [2.05, 4.69) is 19.2 Å². The van der Waals surface area contributed by atoms with Gasteiger partial charge in [0.2, 0.25) is 5.91 Å². The third-order valence-corrected chi connectivity index (χ3v) is 4.25. The summed E-state index contributed by atoms with van der Waals surface area (Å²) in [6.07, 6.45) is 0.327. The van der Waals surface area contributed by atoms with Crippen LogP contribution in [0.25, 0.3) is 0 Å². The number of carbonyl (C=O) groups is 1. The van der Waals surface area contributed by atoms with Crippen LogP contribution in [-0.4, -0.2) is 19.1 Å². The minimum Gasteiger partial charge on any atom is -0.486 e. The topological polar surface area (TPSA) is 73.6 Å². The predicted octanol–water partition coefficient (Wildman–Crippen LogP) is 3.52. The number of nitrogen functional groups attached to an aromatic ring is 1. The number of fused-ring (bicyclic) bond motifs is 1. The fourth-order valence-corrected chi connectivity index (χ4v) is 2.93. The lowest BCUT2D eigenvalue weighted by Gasteiger charge is -2.25. The van der Waals surface area contributed by atoms with Gasteiger partial charge in [-0.15, -0.1) is 12.4 Å². The van der Waals surface area contributed by atoms with Crippen molar-refractivity contribution < 1.29 is 14.3 Å². The molecule has 1 aliphatic rings. The number of hydrogen-bond donors (Lipinski definition) is 2. The first-order chi connectivity index (χ1) is 12.0. The van der Waals surface area contributed by atoms with Gasteiger partial charge in [0.1, 0.15) is 13.2 Å². The Kier molecular flexibility index (Phi) is 6.75. The van der Waals surface area contributed by atoms with Crippen molar-refractivity contribution in [3.63, 3.8) is 0 Å². The van der Waals surface area contributed by atoms with E-state index in [1.807, 2.05) is 42.5 Å². The van der Waals surface area contributed by atoms with Crippen molar-refractivity contribution in [2.24, 2.45) is 5.92 Å². The van der Waals surface area contributed by atoms with Gasteiger partial charge in [0.05, 0.1) is 12.5 Å². The molecule has 5 nitrogen and oxygen atoms in total. The smallest absolute Gasteiger partial charge is 0.224 e. The molecule has 0 saturated heterocycles. The van der Waals surface area contributed by atoms with Gasteiger partial charge in [-0.25, -0.2) is 0 Å². The molecule has 26 heavy (non-hydrogen) atoms. The molecule has 3 rings (SSSR count). The summed E-state index contributed by atoms with van der Waals surface area (Å²) in [4.78, 5) is 12.5. The highest BCUT2D eigenvalue weighted by Gasteiger charge is 2.21. The second-order valence-corrected chi connectivity index (χ2v) is 6.61. The highest BCUT2D eigenvalue weighted by Crippen LogP contribution is 2.34. The number of nitrogens with one attached hydrogen (secondary N) is 1. The maximum Gasteiger partial charge on any atom is 0.224 e. The third kappa shape index (κ3) is 4.82. The maximum atomic E-state index is 12.5. The summed E-state index contributed by atoms with van der Waals surface area (Å²) in [7, 11) is 0. The summed E-state index contributed by atoms with van der Waals surface area (Å²) < 4.78 is 11.2. The van der Waals surface area contributed by atoms with Crippen LogP contribution in [0.2, 0.25) is 0 Å². The lowest BCUT2D eigenvalue weighted by molar-refractivity contribution is -0.121. The SMILES string of the molecule is CC(C)C(NC(=O)Cc1ccc(N)cc1)c1ccc2c(c1)OCCO2.Cl. The monoisotopic (exact) mass is 376 g/mol. The molecule has 2 aromatic carbocycles. The van der Waals surface area contributed by atoms with E-state index in [9.17, 15) is 4.79 Å². The molecule has 1 unspecified atom stereocenters. The molecule has 2 aromatic rings. The van der Waals surface area contributed by atoms with E-state index < -0.39 is 0 Å². The summed E-state index contributed by atoms with van der Waals surface area (Å²) in [6.45, 7) is 5.29. The van der Waals surface area contributed by atoms with Gasteiger partial charge in [-0.2, -0.15) is 0 Å². The first kappa shape index (κ1) is 19.9. The van der Waals surface area contributed by atoms with Crippen LogP contribution < -0.4 is 20.5 Å². The normalized spacial score (nSPS) is 13.7. The first-order valence-electron chi connectivity index (χ1n) is 8.56. The van der Waals surface area contributed by atoms with Crippen molar-refractivity contribution in [1.29, 1.82) is 0 Å². The number of hydrogen-bond acceptors (Lipinski definition) is 4. The van der Waals surface area contributed by atoms with Gasteiger partial charge in [-0.1, -0.05) is 32.0 Å². The van der Waals surface area contributed by atoms with Gasteiger partial charge in [0.15, 0.2) is 11.5 Å². The molecule has 1 atom stereocenters. The van der Waals surface area contributed by atoms with Crippen LogP contribution in [0.3, 0.4) is 0 Å². The largest absolute Gasteiger partial charge is 0.486 e. The minimum atomic E-state index is -0.0860. The van der Waals surface area contributed by atoms with E-state index in [0.717, 1.165) is 22.6 Å². The van der Waals surface area contributed by atoms with E-state index in [4.69, 9.17) is 15.2 Å². The molecule has 6 heteroatoms. The van der Waals surface area contributed by atoms with Gasteiger partial charge in [0.25, 0.3) is 0 Å². The third-order valence-electron chi connectivity index (χ3n) is 4.25. The Balaban J connectivity index is 0.00000243. The van der Waals surface area contributed by atoms with Crippen molar-refractivity contribution in [2.75, 3.05) is 18.9 Å². The van der Waals surface area contributed by atoms with Crippen LogP contribution in [0.5, 0.6) is 11.5 Å². The van der Waals surface area contributed by atoms with Gasteiger partial charge < -0.3 is 20.5 Å². The summed E-state index contributed by atoms with van der Waals surface area (Å²) >= 11 is 0. The Hall–Kier alpha value is -2.40. The van der Waals surface area contributed by atoms with E-state index in [0.29, 0.717) is 25.3 Å². The Bertz CT molecular complexity index is 747. The Morgan fingerprint density at radius 3 is 2.38 bits per heavy atom. The lowest BCUT2D eigenvalue weighted by Crippen LogP contribution is -2.33. The van der Waals surface area contributed by atoms with E-state index in [1.165, 1.54) is 0 Å². The zero-order chi connectivity index (χ0) is 17.8. The predicted molar refractivity (Wildman–Crippen MR) is 105 cm³/mol. The average Bonchev–Trinajstić information content (AvgIpc) is 2.61. The lowest BCUT2D eigenvalue weighted by atomic mass is 9.95. The minimum absolute atomic E-state index is 0. The highest BCUT2D eigenvalue weighted by atomic mass is 35.5. The quantitative estimate of drug-likeness (QED) is 0.783. The fraction of sp³-hybridized carbons (Fsp3) is 0.350. The number of carbonyl (C=O) groups excluding carboxylic acids is 1. The summed E-state index contributed by atoms with van der Waals surface area (Å²) in [5.74, 6) is 1.73. The second-order valence-electron chi connectivity index (χ2n) is 6.61. The molecule has 1 heterocycles. The number of benzene rings is 2. The van der Waals surface area contributed by atoms with Gasteiger partial charge in [-0.3, -0.25) is 4.79 Å². The maximum absolute atomic E-state index is 12.5. The molecule has 0 bridgehead atoms. The van der Waals surface area contributed by atoms with Crippen LogP contribution >= 0.6 is 12.4 Å². The Morgan fingerprint density at radius 2 is 1.73 bits per heavy atom. The van der Waals surface area contributed by atoms with Crippen LogP contribution in [0, 0.1) is 5.92 Å². The number of ether oxygens (including phenoxy) is 2.